The number of rotatable bonds is 5. The summed E-state index contributed by atoms with van der Waals surface area (Å²) in [5.41, 5.74) is 7.53. The average Bonchev–Trinajstić information content (AvgIpc) is 2.86. The van der Waals surface area contributed by atoms with E-state index < -0.39 is 0 Å². The van der Waals surface area contributed by atoms with Gasteiger partial charge in [-0.2, -0.15) is 0 Å². The maximum Gasteiger partial charge on any atom is 0.117 e. The van der Waals surface area contributed by atoms with Crippen molar-refractivity contribution in [2.24, 2.45) is 0 Å². The SMILES string of the molecule is Oc1cccc(N(c2ccccc2-c2ccccc2)c2ccccc2-c2ccccc2)c1. The van der Waals surface area contributed by atoms with Crippen molar-refractivity contribution in [1.29, 1.82) is 0 Å². The monoisotopic (exact) mass is 413 g/mol. The topological polar surface area (TPSA) is 23.5 Å². The van der Waals surface area contributed by atoms with Crippen molar-refractivity contribution in [1.82, 2.24) is 0 Å². The van der Waals surface area contributed by atoms with Gasteiger partial charge in [-0.25, -0.2) is 0 Å². The van der Waals surface area contributed by atoms with Crippen LogP contribution in [-0.4, -0.2) is 5.11 Å². The first kappa shape index (κ1) is 19.7. The Kier molecular flexibility index (Phi) is 5.42. The molecule has 0 spiro atoms. The van der Waals surface area contributed by atoms with Crippen LogP contribution in [0, 0.1) is 0 Å². The van der Waals surface area contributed by atoms with Crippen molar-refractivity contribution < 1.29 is 5.11 Å². The van der Waals surface area contributed by atoms with E-state index in [9.17, 15) is 5.11 Å². The minimum Gasteiger partial charge on any atom is -0.508 e. The van der Waals surface area contributed by atoms with Gasteiger partial charge in [-0.1, -0.05) is 103 Å². The molecule has 2 heteroatoms. The first-order chi connectivity index (χ1) is 15.8. The first-order valence-corrected chi connectivity index (χ1v) is 10.7. The number of anilines is 3. The van der Waals surface area contributed by atoms with Crippen molar-refractivity contribution in [3.63, 3.8) is 0 Å². The van der Waals surface area contributed by atoms with E-state index in [-0.39, 0.29) is 5.75 Å². The quantitative estimate of drug-likeness (QED) is 0.314. The van der Waals surface area contributed by atoms with Gasteiger partial charge in [0.1, 0.15) is 5.75 Å². The summed E-state index contributed by atoms with van der Waals surface area (Å²) in [6.45, 7) is 0. The Morgan fingerprint density at radius 3 is 1.41 bits per heavy atom. The molecule has 5 rings (SSSR count). The van der Waals surface area contributed by atoms with Crippen LogP contribution < -0.4 is 4.90 Å². The van der Waals surface area contributed by atoms with Gasteiger partial charge in [0.15, 0.2) is 0 Å². The van der Waals surface area contributed by atoms with E-state index in [4.69, 9.17) is 0 Å². The number of para-hydroxylation sites is 2. The number of hydrogen-bond acceptors (Lipinski definition) is 2. The number of aromatic hydroxyl groups is 1. The molecule has 0 aliphatic rings. The Labute approximate surface area is 188 Å². The molecule has 154 valence electrons. The fourth-order valence-electron chi connectivity index (χ4n) is 4.10. The zero-order valence-corrected chi connectivity index (χ0v) is 17.6. The van der Waals surface area contributed by atoms with E-state index in [1.165, 1.54) is 0 Å². The molecule has 5 aromatic rings. The van der Waals surface area contributed by atoms with E-state index in [0.29, 0.717) is 0 Å². The van der Waals surface area contributed by atoms with E-state index in [1.807, 2.05) is 30.3 Å². The highest BCUT2D eigenvalue weighted by Crippen LogP contribution is 2.44. The molecule has 0 saturated carbocycles. The Bertz CT molecular complexity index is 1250. The molecular formula is C30H23NO. The van der Waals surface area contributed by atoms with Crippen molar-refractivity contribution in [3.8, 4) is 28.0 Å². The van der Waals surface area contributed by atoms with Gasteiger partial charge in [0.25, 0.3) is 0 Å². The van der Waals surface area contributed by atoms with E-state index in [2.05, 4.69) is 102 Å². The lowest BCUT2D eigenvalue weighted by Gasteiger charge is -2.30. The molecule has 0 unspecified atom stereocenters. The molecular weight excluding hydrogens is 390 g/mol. The molecule has 0 saturated heterocycles. The highest BCUT2D eigenvalue weighted by molar-refractivity contribution is 5.93. The minimum absolute atomic E-state index is 0.238. The first-order valence-electron chi connectivity index (χ1n) is 10.7. The summed E-state index contributed by atoms with van der Waals surface area (Å²) in [6, 6.07) is 45.0. The number of benzene rings is 5. The van der Waals surface area contributed by atoms with Gasteiger partial charge in [-0.3, -0.25) is 0 Å². The van der Waals surface area contributed by atoms with Crippen LogP contribution in [0.2, 0.25) is 0 Å². The Morgan fingerprint density at radius 2 is 0.906 bits per heavy atom. The Balaban J connectivity index is 1.78. The fraction of sp³-hybridized carbons (Fsp3) is 0. The summed E-state index contributed by atoms with van der Waals surface area (Å²) in [6.07, 6.45) is 0. The lowest BCUT2D eigenvalue weighted by molar-refractivity contribution is 0.475. The van der Waals surface area contributed by atoms with Gasteiger partial charge in [-0.15, -0.1) is 0 Å². The van der Waals surface area contributed by atoms with Gasteiger partial charge in [0.05, 0.1) is 11.4 Å². The molecule has 32 heavy (non-hydrogen) atoms. The molecule has 1 N–H and O–H groups in total. The summed E-state index contributed by atoms with van der Waals surface area (Å²) < 4.78 is 0. The van der Waals surface area contributed by atoms with Gasteiger partial charge in [0, 0.05) is 22.9 Å². The van der Waals surface area contributed by atoms with Crippen molar-refractivity contribution in [3.05, 3.63) is 133 Å². The lowest BCUT2D eigenvalue weighted by Crippen LogP contribution is -2.12. The minimum atomic E-state index is 0.238. The molecule has 0 radical (unpaired) electrons. The summed E-state index contributed by atoms with van der Waals surface area (Å²) in [5, 5.41) is 10.3. The summed E-state index contributed by atoms with van der Waals surface area (Å²) in [7, 11) is 0. The third kappa shape index (κ3) is 3.86. The van der Waals surface area contributed by atoms with Crippen molar-refractivity contribution >= 4 is 17.1 Å². The van der Waals surface area contributed by atoms with Crippen LogP contribution >= 0.6 is 0 Å². The lowest BCUT2D eigenvalue weighted by atomic mass is 9.99. The molecule has 5 aromatic carbocycles. The van der Waals surface area contributed by atoms with Gasteiger partial charge in [-0.05, 0) is 35.4 Å². The largest absolute Gasteiger partial charge is 0.508 e. The predicted molar refractivity (Wildman–Crippen MR) is 134 cm³/mol. The highest BCUT2D eigenvalue weighted by atomic mass is 16.3. The molecule has 2 nitrogen and oxygen atoms in total. The zero-order valence-electron chi connectivity index (χ0n) is 17.6. The average molecular weight is 414 g/mol. The summed E-state index contributed by atoms with van der Waals surface area (Å²) in [5.74, 6) is 0.238. The number of phenols is 1. The Hall–Kier alpha value is -4.30. The van der Waals surface area contributed by atoms with Crippen LogP contribution in [0.15, 0.2) is 133 Å². The van der Waals surface area contributed by atoms with Gasteiger partial charge in [0.2, 0.25) is 0 Å². The normalized spacial score (nSPS) is 10.6. The number of phenolic OH excluding ortho intramolecular Hbond substituents is 1. The molecule has 0 amide bonds. The van der Waals surface area contributed by atoms with Crippen LogP contribution in [0.25, 0.3) is 22.3 Å². The number of hydrogen-bond donors (Lipinski definition) is 1. The predicted octanol–water partition coefficient (Wildman–Crippen LogP) is 8.20. The molecule has 0 fully saturated rings. The smallest absolute Gasteiger partial charge is 0.117 e. The second-order valence-electron chi connectivity index (χ2n) is 7.62. The fourth-order valence-corrected chi connectivity index (χ4v) is 4.10. The molecule has 0 bridgehead atoms. The molecule has 0 aliphatic carbocycles. The van der Waals surface area contributed by atoms with E-state index in [0.717, 1.165) is 39.3 Å². The second-order valence-corrected chi connectivity index (χ2v) is 7.62. The highest BCUT2D eigenvalue weighted by Gasteiger charge is 2.20. The molecule has 0 aromatic heterocycles. The second kappa shape index (κ2) is 8.83. The summed E-state index contributed by atoms with van der Waals surface area (Å²) >= 11 is 0. The molecule has 0 aliphatic heterocycles. The van der Waals surface area contributed by atoms with Crippen LogP contribution in [0.4, 0.5) is 17.1 Å². The van der Waals surface area contributed by atoms with Crippen LogP contribution in [0.1, 0.15) is 0 Å². The third-order valence-corrected chi connectivity index (χ3v) is 5.55. The van der Waals surface area contributed by atoms with Crippen LogP contribution in [0.3, 0.4) is 0 Å². The third-order valence-electron chi connectivity index (χ3n) is 5.55. The molecule has 0 atom stereocenters. The standard InChI is InChI=1S/C30H23NO/c32-26-17-11-16-25(22-26)31(29-20-9-7-18-27(29)23-12-3-1-4-13-23)30-21-10-8-19-28(30)24-14-5-2-6-15-24/h1-22,32H. The van der Waals surface area contributed by atoms with E-state index in [1.54, 1.807) is 6.07 Å². The maximum absolute atomic E-state index is 10.3. The zero-order chi connectivity index (χ0) is 21.8. The van der Waals surface area contributed by atoms with Crippen molar-refractivity contribution in [2.45, 2.75) is 0 Å². The molecule has 0 heterocycles. The van der Waals surface area contributed by atoms with Gasteiger partial charge >= 0.3 is 0 Å². The maximum atomic E-state index is 10.3. The van der Waals surface area contributed by atoms with Crippen LogP contribution in [-0.2, 0) is 0 Å². The summed E-state index contributed by atoms with van der Waals surface area (Å²) in [4.78, 5) is 2.23. The number of nitrogens with zero attached hydrogens (tertiary/aromatic N) is 1. The van der Waals surface area contributed by atoms with Crippen LogP contribution in [0.5, 0.6) is 5.75 Å². The Morgan fingerprint density at radius 1 is 0.438 bits per heavy atom. The van der Waals surface area contributed by atoms with E-state index >= 15 is 0 Å². The van der Waals surface area contributed by atoms with Gasteiger partial charge < -0.3 is 10.0 Å². The van der Waals surface area contributed by atoms with Crippen molar-refractivity contribution in [2.75, 3.05) is 4.90 Å².